The molecule has 1 aliphatic carbocycles. The Morgan fingerprint density at radius 1 is 1.09 bits per heavy atom. The topological polar surface area (TPSA) is 113 Å². The quantitative estimate of drug-likeness (QED) is 0.138. The summed E-state index contributed by atoms with van der Waals surface area (Å²) in [7, 11) is 3.59. The molecule has 2 aromatic carbocycles. The molecule has 232 valence electrons. The normalized spacial score (nSPS) is 17.5. The number of nitrogens with zero attached hydrogens (tertiary/aromatic N) is 1. The van der Waals surface area contributed by atoms with Crippen LogP contribution in [0, 0.1) is 11.8 Å². The van der Waals surface area contributed by atoms with Gasteiger partial charge >= 0.3 is 5.97 Å². The van der Waals surface area contributed by atoms with E-state index >= 15 is 0 Å². The summed E-state index contributed by atoms with van der Waals surface area (Å²) in [6, 6.07) is 16.0. The highest BCUT2D eigenvalue weighted by Gasteiger charge is 2.49. The van der Waals surface area contributed by atoms with E-state index in [0.717, 1.165) is 40.4 Å². The first-order chi connectivity index (χ1) is 21.2. The molecule has 2 amide bonds. The van der Waals surface area contributed by atoms with E-state index in [1.807, 2.05) is 44.2 Å². The molecule has 5 rings (SSSR count). The highest BCUT2D eigenvalue weighted by atomic mass is 32.2. The Labute approximate surface area is 262 Å². The number of nitrogens with one attached hydrogen (secondary N) is 3. The Balaban J connectivity index is 1.29. The predicted octanol–water partition coefficient (Wildman–Crippen LogP) is 6.41. The summed E-state index contributed by atoms with van der Waals surface area (Å²) in [5.41, 5.74) is 3.32. The molecule has 0 saturated carbocycles. The molecular formula is C34H40N4O5S. The van der Waals surface area contributed by atoms with E-state index in [1.165, 1.54) is 6.26 Å². The minimum atomic E-state index is -1.26. The van der Waals surface area contributed by atoms with Gasteiger partial charge in [-0.15, -0.1) is 0 Å². The summed E-state index contributed by atoms with van der Waals surface area (Å²) >= 11 is 1.63. The summed E-state index contributed by atoms with van der Waals surface area (Å²) in [6.45, 7) is 3.92. The van der Waals surface area contributed by atoms with Crippen LogP contribution in [0.2, 0.25) is 0 Å². The lowest BCUT2D eigenvalue weighted by Crippen LogP contribution is -2.54. The van der Waals surface area contributed by atoms with Crippen molar-refractivity contribution in [3.8, 4) is 0 Å². The minimum absolute atomic E-state index is 0.0851. The molecule has 3 atom stereocenters. The second kappa shape index (κ2) is 13.7. The average Bonchev–Trinajstić information content (AvgIpc) is 3.56. The van der Waals surface area contributed by atoms with Crippen molar-refractivity contribution in [2.45, 2.75) is 67.3 Å². The van der Waals surface area contributed by atoms with Gasteiger partial charge < -0.3 is 19.9 Å². The Kier molecular flexibility index (Phi) is 9.80. The number of amides is 2. The number of hydroxylamine groups is 1. The summed E-state index contributed by atoms with van der Waals surface area (Å²) in [4.78, 5) is 50.1. The summed E-state index contributed by atoms with van der Waals surface area (Å²) in [6.07, 6.45) is 9.59. The Hall–Kier alpha value is -4.02. The molecule has 3 N–H and O–H groups in total. The first-order valence-corrected chi connectivity index (χ1v) is 15.9. The monoisotopic (exact) mass is 616 g/mol. The fourth-order valence-electron chi connectivity index (χ4n) is 5.79. The molecule has 1 aliphatic heterocycles. The first kappa shape index (κ1) is 31.4. The van der Waals surface area contributed by atoms with Crippen LogP contribution in [-0.2, 0) is 20.0 Å². The number of fused-ring (bicyclic) bond motifs is 2. The minimum Gasteiger partial charge on any atom is -0.467 e. The van der Waals surface area contributed by atoms with Crippen LogP contribution in [0.3, 0.4) is 0 Å². The van der Waals surface area contributed by atoms with Crippen LogP contribution in [0.4, 0.5) is 11.4 Å². The summed E-state index contributed by atoms with van der Waals surface area (Å²) in [5.74, 6) is -0.988. The van der Waals surface area contributed by atoms with E-state index in [0.29, 0.717) is 24.2 Å². The van der Waals surface area contributed by atoms with Crippen molar-refractivity contribution in [3.63, 3.8) is 0 Å². The van der Waals surface area contributed by atoms with Gasteiger partial charge in [0.05, 0.1) is 17.6 Å². The van der Waals surface area contributed by atoms with Gasteiger partial charge in [-0.25, -0.2) is 4.79 Å². The van der Waals surface area contributed by atoms with E-state index < -0.39 is 29.4 Å². The van der Waals surface area contributed by atoms with Crippen LogP contribution in [0.5, 0.6) is 0 Å². The second-order valence-corrected chi connectivity index (χ2v) is 13.1. The molecule has 1 aromatic heterocycles. The molecule has 1 unspecified atom stereocenters. The number of benzene rings is 2. The maximum Gasteiger partial charge on any atom is 0.360 e. The number of rotatable bonds is 10. The van der Waals surface area contributed by atoms with E-state index in [-0.39, 0.29) is 11.8 Å². The van der Waals surface area contributed by atoms with Crippen molar-refractivity contribution in [2.75, 3.05) is 19.4 Å². The molecule has 2 aliphatic rings. The summed E-state index contributed by atoms with van der Waals surface area (Å²) < 4.78 is 5.75. The van der Waals surface area contributed by atoms with Gasteiger partial charge in [0, 0.05) is 15.4 Å². The van der Waals surface area contributed by atoms with Gasteiger partial charge in [-0.2, -0.15) is 5.48 Å². The zero-order chi connectivity index (χ0) is 31.3. The molecule has 0 spiro atoms. The number of anilines is 2. The number of allylic oxidation sites excluding steroid dienone is 2. The second-order valence-electron chi connectivity index (χ2n) is 12.0. The number of furan rings is 1. The molecule has 0 saturated heterocycles. The van der Waals surface area contributed by atoms with E-state index in [4.69, 9.17) is 9.25 Å². The number of para-hydroxylation sites is 1. The third kappa shape index (κ3) is 6.87. The van der Waals surface area contributed by atoms with Gasteiger partial charge in [-0.1, -0.05) is 49.9 Å². The molecule has 9 nitrogen and oxygen atoms in total. The largest absolute Gasteiger partial charge is 0.467 e. The molecule has 0 bridgehead atoms. The van der Waals surface area contributed by atoms with Gasteiger partial charge in [-0.3, -0.25) is 14.5 Å². The Bertz CT molecular complexity index is 1520. The molecule has 0 fully saturated rings. The van der Waals surface area contributed by atoms with Crippen molar-refractivity contribution in [2.24, 2.45) is 11.8 Å². The number of carbonyl (C=O) groups is 3. The van der Waals surface area contributed by atoms with Crippen molar-refractivity contribution >= 4 is 40.9 Å². The molecule has 44 heavy (non-hydrogen) atoms. The van der Waals surface area contributed by atoms with Crippen LogP contribution in [-0.4, -0.2) is 42.8 Å². The van der Waals surface area contributed by atoms with Crippen LogP contribution in [0.15, 0.2) is 87.2 Å². The van der Waals surface area contributed by atoms with Gasteiger partial charge in [-0.05, 0) is 100 Å². The Morgan fingerprint density at radius 3 is 2.59 bits per heavy atom. The fraction of sp³-hybridized carbons (Fsp3) is 0.382. The summed E-state index contributed by atoms with van der Waals surface area (Å²) in [5, 5.41) is 6.24. The number of carbonyl (C=O) groups excluding carboxylic acids is 3. The molecule has 10 heteroatoms. The number of likely N-dealkylation sites (N-methyl/N-ethyl adjacent to an activating group) is 1. The van der Waals surface area contributed by atoms with Gasteiger partial charge in [0.1, 0.15) is 11.8 Å². The van der Waals surface area contributed by atoms with Gasteiger partial charge in [0.25, 0.3) is 11.8 Å². The molecule has 0 radical (unpaired) electrons. The highest BCUT2D eigenvalue weighted by Crippen LogP contribution is 2.44. The van der Waals surface area contributed by atoms with Crippen LogP contribution < -0.4 is 16.1 Å². The molecule has 2 heterocycles. The highest BCUT2D eigenvalue weighted by molar-refractivity contribution is 7.99. The maximum atomic E-state index is 13.8. The third-order valence-electron chi connectivity index (χ3n) is 8.13. The van der Waals surface area contributed by atoms with Crippen molar-refractivity contribution in [1.82, 2.24) is 15.7 Å². The first-order valence-electron chi connectivity index (χ1n) is 15.1. The predicted molar refractivity (Wildman–Crippen MR) is 170 cm³/mol. The van der Waals surface area contributed by atoms with Crippen LogP contribution in [0.25, 0.3) is 0 Å². The lowest BCUT2D eigenvalue weighted by atomic mass is 9.80. The van der Waals surface area contributed by atoms with Crippen molar-refractivity contribution in [3.05, 3.63) is 84.3 Å². The zero-order valence-electron chi connectivity index (χ0n) is 25.6. The SMILES string of the molecule is CC(C)C[C@H](NC(=O)c1ccc2c(c1)Nc1ccccc1S2)C(=O)NOC(=O)[C@](CC1C=CCCC1)(c1ccco1)N(C)C. The maximum absolute atomic E-state index is 13.8. The standard InChI is InChI=1S/C34H40N4O5S/c1-22(2)19-27(36-31(39)24-16-17-29-26(20-24)35-25-13-8-9-14-28(25)44-29)32(40)37-43-33(41)34(38(3)4,30-15-10-18-42-30)21-23-11-6-5-7-12-23/h6,8-11,13-18,20,22-23,27,35H,5,7,12,19,21H2,1-4H3,(H,36,39)(H,37,40)/t23?,27-,34-/m0/s1. The van der Waals surface area contributed by atoms with E-state index in [9.17, 15) is 14.4 Å². The Morgan fingerprint density at radius 2 is 1.89 bits per heavy atom. The lowest BCUT2D eigenvalue weighted by Gasteiger charge is -2.38. The van der Waals surface area contributed by atoms with Crippen LogP contribution in [0.1, 0.15) is 62.1 Å². The zero-order valence-corrected chi connectivity index (χ0v) is 26.4. The van der Waals surface area contributed by atoms with Crippen LogP contribution >= 0.6 is 11.8 Å². The average molecular weight is 617 g/mol. The van der Waals surface area contributed by atoms with E-state index in [2.05, 4.69) is 28.3 Å². The number of hydrogen-bond acceptors (Lipinski definition) is 8. The fourth-order valence-corrected chi connectivity index (χ4v) is 6.76. The lowest BCUT2D eigenvalue weighted by molar-refractivity contribution is -0.173. The molecule has 3 aromatic rings. The number of hydrogen-bond donors (Lipinski definition) is 3. The van der Waals surface area contributed by atoms with Crippen molar-refractivity contribution < 1.29 is 23.6 Å². The van der Waals surface area contributed by atoms with Gasteiger partial charge in [0.15, 0.2) is 5.54 Å². The smallest absolute Gasteiger partial charge is 0.360 e. The van der Waals surface area contributed by atoms with E-state index in [1.54, 1.807) is 55.0 Å². The van der Waals surface area contributed by atoms with Gasteiger partial charge in [0.2, 0.25) is 0 Å². The molecular weight excluding hydrogens is 576 g/mol. The third-order valence-corrected chi connectivity index (χ3v) is 9.28. The van der Waals surface area contributed by atoms with Crippen molar-refractivity contribution in [1.29, 1.82) is 0 Å².